The Morgan fingerprint density at radius 1 is 0.562 bits per heavy atom. The molecule has 10 nitrogen and oxygen atoms in total. The molecule has 0 saturated heterocycles. The maximum absolute atomic E-state index is 12.9. The van der Waals surface area contributed by atoms with Crippen LogP contribution in [-0.4, -0.2) is 93.4 Å². The van der Waals surface area contributed by atoms with Crippen molar-refractivity contribution in [1.82, 2.24) is 0 Å². The summed E-state index contributed by atoms with van der Waals surface area (Å²) in [6.45, 7) is 6.25. The molecule has 0 aliphatic heterocycles. The van der Waals surface area contributed by atoms with Crippen LogP contribution in [0, 0.1) is 11.8 Å². The first-order chi connectivity index (χ1) is 21.1. The maximum Gasteiger partial charge on any atom is 0.437 e. The first-order valence-corrected chi connectivity index (χ1v) is 13.7. The lowest BCUT2D eigenvalue weighted by molar-refractivity contribution is -0.358. The molecule has 0 aromatic carbocycles. The van der Waals surface area contributed by atoms with Crippen LogP contribution in [0.1, 0.15) is 67.2 Å². The number of esters is 4. The molecule has 280 valence electrons. The fourth-order valence-electron chi connectivity index (χ4n) is 4.68. The molecule has 48 heavy (non-hydrogen) atoms. The van der Waals surface area contributed by atoms with Gasteiger partial charge < -0.3 is 29.2 Å². The first kappa shape index (κ1) is 43.0. The van der Waals surface area contributed by atoms with Gasteiger partial charge in [0.25, 0.3) is 0 Å². The lowest BCUT2D eigenvalue weighted by Crippen LogP contribution is -2.63. The van der Waals surface area contributed by atoms with Crippen molar-refractivity contribution in [2.45, 2.75) is 127 Å². The molecule has 1 aliphatic rings. The first-order valence-electron chi connectivity index (χ1n) is 13.7. The van der Waals surface area contributed by atoms with E-state index in [1.807, 2.05) is 0 Å². The number of carbonyl (C=O) groups excluding carboxylic acids is 4. The predicted molar refractivity (Wildman–Crippen MR) is 131 cm³/mol. The molecule has 1 rings (SSSR count). The summed E-state index contributed by atoms with van der Waals surface area (Å²) in [7, 11) is 0. The van der Waals surface area contributed by atoms with E-state index in [9.17, 15) is 71.9 Å². The molecule has 4 unspecified atom stereocenters. The molecular weight excluding hydrogens is 700 g/mol. The van der Waals surface area contributed by atoms with E-state index in [-0.39, 0.29) is 19.3 Å². The summed E-state index contributed by atoms with van der Waals surface area (Å²) in [5.41, 5.74) is -15.1. The number of ether oxygens (including phenoxy) is 4. The highest BCUT2D eigenvalue weighted by Gasteiger charge is 2.78. The Balaban J connectivity index is 3.01. The second-order valence-electron chi connectivity index (χ2n) is 12.1. The molecule has 1 fully saturated rings. The van der Waals surface area contributed by atoms with Crippen LogP contribution in [0.25, 0.3) is 0 Å². The summed E-state index contributed by atoms with van der Waals surface area (Å²) in [6, 6.07) is 0. The number of aliphatic hydroxyl groups is 2. The van der Waals surface area contributed by atoms with Crippen molar-refractivity contribution in [2.75, 3.05) is 0 Å². The van der Waals surface area contributed by atoms with Crippen molar-refractivity contribution < 1.29 is 101 Å². The van der Waals surface area contributed by atoms with Gasteiger partial charge in [0, 0.05) is 0 Å². The Kier molecular flexibility index (Phi) is 12.3. The summed E-state index contributed by atoms with van der Waals surface area (Å²) in [5.74, 6) is -11.1. The third-order valence-electron chi connectivity index (χ3n) is 7.83. The van der Waals surface area contributed by atoms with E-state index < -0.39 is 95.0 Å². The van der Waals surface area contributed by atoms with Crippen LogP contribution >= 0.6 is 0 Å². The van der Waals surface area contributed by atoms with Crippen LogP contribution in [0.4, 0.5) is 52.7 Å². The van der Waals surface area contributed by atoms with Gasteiger partial charge in [0.1, 0.15) is 11.2 Å². The Hall–Kier alpha value is -3.04. The van der Waals surface area contributed by atoms with E-state index in [0.29, 0.717) is 20.3 Å². The Bertz CT molecular complexity index is 1090. The second-order valence-corrected chi connectivity index (χ2v) is 12.1. The minimum absolute atomic E-state index is 0.00725. The topological polar surface area (TPSA) is 146 Å². The molecular formula is C26H32F12O10. The van der Waals surface area contributed by atoms with E-state index >= 15 is 0 Å². The van der Waals surface area contributed by atoms with Gasteiger partial charge in [-0.15, -0.1) is 0 Å². The van der Waals surface area contributed by atoms with Gasteiger partial charge in [-0.25, -0.2) is 19.2 Å². The molecule has 0 aromatic rings. The number of rotatable bonds is 10. The molecule has 0 bridgehead atoms. The Morgan fingerprint density at radius 3 is 1.04 bits per heavy atom. The van der Waals surface area contributed by atoms with E-state index in [1.165, 1.54) is 27.7 Å². The highest BCUT2D eigenvalue weighted by molar-refractivity contribution is 5.86. The van der Waals surface area contributed by atoms with Crippen molar-refractivity contribution in [3.8, 4) is 0 Å². The number of hydrogen-bond acceptors (Lipinski definition) is 10. The van der Waals surface area contributed by atoms with Gasteiger partial charge in [0.05, 0.1) is 0 Å². The fraction of sp³-hybridized carbons (Fsp3) is 0.846. The SMILES string of the molecule is CC(OC(=O)C(O)(C(F)(F)F)C(F)(F)F)C(=O)OC(C)(C)C1CCCC(C(C)(C)OC(=O)C(C)OC(=O)C(O)(C(F)(F)F)C(F)(F)F)C1. The standard InChI is InChI=1S/C26H32F12O10/c1-11(45-17(41)21(43,23(27,28)29)24(30,31)32)15(39)47-19(3,4)13-8-7-9-14(10-13)20(5,6)48-16(40)12(2)46-18(42)22(44,25(33,34)35)26(36,37)38/h11-14,43-44H,7-10H2,1-6H3. The minimum atomic E-state index is -6.58. The smallest absolute Gasteiger partial charge is 0.437 e. The molecule has 1 saturated carbocycles. The van der Waals surface area contributed by atoms with Crippen molar-refractivity contribution >= 4 is 23.9 Å². The normalized spacial score (nSPS) is 20.3. The third-order valence-corrected chi connectivity index (χ3v) is 7.83. The summed E-state index contributed by atoms with van der Waals surface area (Å²) in [5, 5.41) is 18.3. The van der Waals surface area contributed by atoms with E-state index in [0.717, 1.165) is 0 Å². The monoisotopic (exact) mass is 732 g/mol. The van der Waals surface area contributed by atoms with E-state index in [2.05, 4.69) is 9.47 Å². The van der Waals surface area contributed by atoms with Gasteiger partial charge in [0.2, 0.25) is 0 Å². The number of halogens is 12. The second kappa shape index (κ2) is 13.7. The minimum Gasteiger partial charge on any atom is -0.457 e. The molecule has 0 radical (unpaired) electrons. The average molecular weight is 733 g/mol. The number of hydrogen-bond donors (Lipinski definition) is 2. The van der Waals surface area contributed by atoms with Crippen molar-refractivity contribution in [3.05, 3.63) is 0 Å². The van der Waals surface area contributed by atoms with Crippen LogP contribution < -0.4 is 0 Å². The molecule has 1 aliphatic carbocycles. The molecule has 2 N–H and O–H groups in total. The van der Waals surface area contributed by atoms with Gasteiger partial charge >= 0.3 is 59.8 Å². The number of carbonyl (C=O) groups is 4. The summed E-state index contributed by atoms with van der Waals surface area (Å²) in [6.07, 6.45) is -30.3. The van der Waals surface area contributed by atoms with Gasteiger partial charge in [-0.3, -0.25) is 0 Å². The Morgan fingerprint density at radius 2 is 0.812 bits per heavy atom. The summed E-state index contributed by atoms with van der Waals surface area (Å²) >= 11 is 0. The van der Waals surface area contributed by atoms with Crippen molar-refractivity contribution in [2.24, 2.45) is 11.8 Å². The molecule has 0 aromatic heterocycles. The highest BCUT2D eigenvalue weighted by Crippen LogP contribution is 2.46. The zero-order valence-electron chi connectivity index (χ0n) is 25.8. The molecule has 0 spiro atoms. The molecule has 22 heteroatoms. The van der Waals surface area contributed by atoms with Crippen LogP contribution in [0.5, 0.6) is 0 Å². The maximum atomic E-state index is 12.9. The lowest BCUT2D eigenvalue weighted by Gasteiger charge is -2.44. The number of alkyl halides is 12. The highest BCUT2D eigenvalue weighted by atomic mass is 19.4. The van der Waals surface area contributed by atoms with Gasteiger partial charge in [0.15, 0.2) is 12.2 Å². The van der Waals surface area contributed by atoms with Crippen molar-refractivity contribution in [3.63, 3.8) is 0 Å². The zero-order chi connectivity index (χ0) is 38.3. The molecule has 0 amide bonds. The quantitative estimate of drug-likeness (QED) is 0.179. The lowest BCUT2D eigenvalue weighted by atomic mass is 9.69. The van der Waals surface area contributed by atoms with Gasteiger partial charge in [-0.1, -0.05) is 6.42 Å². The molecule has 4 atom stereocenters. The van der Waals surface area contributed by atoms with Gasteiger partial charge in [-0.05, 0) is 72.6 Å². The predicted octanol–water partition coefficient (Wildman–Crippen LogP) is 5.01. The molecule has 0 heterocycles. The van der Waals surface area contributed by atoms with Gasteiger partial charge in [-0.2, -0.15) is 52.7 Å². The van der Waals surface area contributed by atoms with E-state index in [1.54, 1.807) is 0 Å². The fourth-order valence-corrected chi connectivity index (χ4v) is 4.68. The largest absolute Gasteiger partial charge is 0.457 e. The van der Waals surface area contributed by atoms with Crippen LogP contribution in [0.2, 0.25) is 0 Å². The van der Waals surface area contributed by atoms with Crippen LogP contribution in [0.3, 0.4) is 0 Å². The summed E-state index contributed by atoms with van der Waals surface area (Å²) < 4.78 is 173. The van der Waals surface area contributed by atoms with E-state index in [4.69, 9.17) is 19.7 Å². The van der Waals surface area contributed by atoms with Crippen molar-refractivity contribution in [1.29, 1.82) is 0 Å². The van der Waals surface area contributed by atoms with Crippen LogP contribution in [-0.2, 0) is 38.1 Å². The zero-order valence-corrected chi connectivity index (χ0v) is 25.8. The third kappa shape index (κ3) is 8.75. The average Bonchev–Trinajstić information content (AvgIpc) is 2.88. The summed E-state index contributed by atoms with van der Waals surface area (Å²) in [4.78, 5) is 48.5. The Labute approximate surface area is 264 Å². The van der Waals surface area contributed by atoms with Crippen LogP contribution in [0.15, 0.2) is 0 Å².